The van der Waals surface area contributed by atoms with Crippen molar-refractivity contribution in [2.24, 2.45) is 0 Å². The van der Waals surface area contributed by atoms with Crippen molar-refractivity contribution in [3.8, 4) is 0 Å². The highest BCUT2D eigenvalue weighted by Crippen LogP contribution is 2.29. The van der Waals surface area contributed by atoms with Gasteiger partial charge in [0.15, 0.2) is 5.78 Å². The summed E-state index contributed by atoms with van der Waals surface area (Å²) in [6, 6.07) is 4.77. The quantitative estimate of drug-likeness (QED) is 0.798. The number of halogens is 3. The van der Waals surface area contributed by atoms with Crippen LogP contribution in [0.15, 0.2) is 24.3 Å². The van der Waals surface area contributed by atoms with Crippen molar-refractivity contribution in [2.45, 2.75) is 19.5 Å². The Labute approximate surface area is 97.4 Å². The molecule has 1 aromatic rings. The smallest absolute Gasteiger partial charge is 0.374 e. The summed E-state index contributed by atoms with van der Waals surface area (Å²) in [7, 11) is 0. The second kappa shape index (κ2) is 5.82. The summed E-state index contributed by atoms with van der Waals surface area (Å²) < 4.78 is 42.1. The largest absolute Gasteiger partial charge is 0.416 e. The van der Waals surface area contributed by atoms with Gasteiger partial charge in [-0.05, 0) is 18.6 Å². The van der Waals surface area contributed by atoms with E-state index in [2.05, 4.69) is 0 Å². The van der Waals surface area contributed by atoms with E-state index in [0.717, 1.165) is 12.1 Å². The van der Waals surface area contributed by atoms with E-state index in [1.54, 1.807) is 6.92 Å². The molecule has 0 N–H and O–H groups in total. The van der Waals surface area contributed by atoms with Crippen LogP contribution in [0.2, 0.25) is 0 Å². The fraction of sp³-hybridized carbons (Fsp3) is 0.417. The van der Waals surface area contributed by atoms with Gasteiger partial charge >= 0.3 is 6.18 Å². The van der Waals surface area contributed by atoms with E-state index in [4.69, 9.17) is 4.74 Å². The van der Waals surface area contributed by atoms with Crippen molar-refractivity contribution in [3.63, 3.8) is 0 Å². The Morgan fingerprint density at radius 3 is 2.65 bits per heavy atom. The van der Waals surface area contributed by atoms with Crippen LogP contribution in [-0.4, -0.2) is 19.0 Å². The molecule has 94 valence electrons. The molecule has 2 nitrogen and oxygen atoms in total. The first-order valence-electron chi connectivity index (χ1n) is 5.19. The summed E-state index contributed by atoms with van der Waals surface area (Å²) in [4.78, 5) is 11.3. The third kappa shape index (κ3) is 4.56. The number of carbonyl (C=O) groups is 1. The lowest BCUT2D eigenvalue weighted by atomic mass is 10.1. The van der Waals surface area contributed by atoms with E-state index in [-0.39, 0.29) is 18.8 Å². The highest BCUT2D eigenvalue weighted by atomic mass is 19.4. The Morgan fingerprint density at radius 1 is 1.35 bits per heavy atom. The zero-order valence-electron chi connectivity index (χ0n) is 9.38. The lowest BCUT2D eigenvalue weighted by Gasteiger charge is -2.08. The first kappa shape index (κ1) is 13.7. The number of carbonyl (C=O) groups excluding carboxylic acids is 1. The molecule has 17 heavy (non-hydrogen) atoms. The second-order valence-corrected chi connectivity index (χ2v) is 3.55. The Morgan fingerprint density at radius 2 is 2.06 bits per heavy atom. The summed E-state index contributed by atoms with van der Waals surface area (Å²) >= 11 is 0. The van der Waals surface area contributed by atoms with Crippen molar-refractivity contribution in [2.75, 3.05) is 13.2 Å². The molecular formula is C12H13F3O2. The summed E-state index contributed by atoms with van der Waals surface area (Å²) in [5.74, 6) is -0.230. The van der Waals surface area contributed by atoms with Crippen molar-refractivity contribution in [3.05, 3.63) is 35.4 Å². The molecule has 0 amide bonds. The third-order valence-corrected chi connectivity index (χ3v) is 2.12. The topological polar surface area (TPSA) is 26.3 Å². The molecule has 0 radical (unpaired) electrons. The van der Waals surface area contributed by atoms with Crippen LogP contribution >= 0.6 is 0 Å². The monoisotopic (exact) mass is 246 g/mol. The number of rotatable bonds is 5. The number of ether oxygens (including phenoxy) is 1. The fourth-order valence-corrected chi connectivity index (χ4v) is 1.35. The molecular weight excluding hydrogens is 233 g/mol. The third-order valence-electron chi connectivity index (χ3n) is 2.12. The summed E-state index contributed by atoms with van der Waals surface area (Å²) in [6.45, 7) is 2.10. The molecule has 0 saturated heterocycles. The fourth-order valence-electron chi connectivity index (χ4n) is 1.35. The predicted molar refractivity (Wildman–Crippen MR) is 56.6 cm³/mol. The molecule has 1 rings (SSSR count). The van der Waals surface area contributed by atoms with E-state index in [1.807, 2.05) is 0 Å². The highest BCUT2D eigenvalue weighted by molar-refractivity contribution is 5.82. The van der Waals surface area contributed by atoms with Gasteiger partial charge in [-0.15, -0.1) is 0 Å². The maximum atomic E-state index is 12.4. The Kier molecular flexibility index (Phi) is 4.69. The molecule has 0 bridgehead atoms. The number of hydrogen-bond donors (Lipinski definition) is 0. The van der Waals surface area contributed by atoms with Crippen molar-refractivity contribution in [1.29, 1.82) is 0 Å². The minimum Gasteiger partial charge on any atom is -0.374 e. The highest BCUT2D eigenvalue weighted by Gasteiger charge is 2.30. The van der Waals surface area contributed by atoms with Gasteiger partial charge in [-0.1, -0.05) is 18.2 Å². The van der Waals surface area contributed by atoms with Gasteiger partial charge in [-0.3, -0.25) is 4.79 Å². The summed E-state index contributed by atoms with van der Waals surface area (Å²) in [5.41, 5.74) is -0.385. The van der Waals surface area contributed by atoms with Crippen molar-refractivity contribution >= 4 is 5.78 Å². The van der Waals surface area contributed by atoms with Gasteiger partial charge in [0.25, 0.3) is 0 Å². The number of alkyl halides is 3. The molecule has 0 saturated carbocycles. The lowest BCUT2D eigenvalue weighted by molar-refractivity contribution is -0.137. The van der Waals surface area contributed by atoms with Crippen LogP contribution in [0, 0.1) is 0 Å². The average Bonchev–Trinajstić information content (AvgIpc) is 2.25. The van der Waals surface area contributed by atoms with Crippen LogP contribution in [0.5, 0.6) is 0 Å². The Bertz CT molecular complexity index is 386. The summed E-state index contributed by atoms with van der Waals surface area (Å²) in [5, 5.41) is 0. The normalized spacial score (nSPS) is 11.5. The zero-order chi connectivity index (χ0) is 12.9. The Hall–Kier alpha value is -1.36. The molecule has 0 aromatic heterocycles. The maximum absolute atomic E-state index is 12.4. The minimum atomic E-state index is -4.38. The number of ketones is 1. The second-order valence-electron chi connectivity index (χ2n) is 3.55. The van der Waals surface area contributed by atoms with Crippen LogP contribution in [-0.2, 0) is 22.1 Å². The van der Waals surface area contributed by atoms with Crippen LogP contribution in [0.3, 0.4) is 0 Å². The van der Waals surface area contributed by atoms with E-state index >= 15 is 0 Å². The van der Waals surface area contributed by atoms with E-state index < -0.39 is 11.7 Å². The molecule has 5 heteroatoms. The van der Waals surface area contributed by atoms with Gasteiger partial charge in [-0.2, -0.15) is 13.2 Å². The van der Waals surface area contributed by atoms with Gasteiger partial charge in [-0.25, -0.2) is 0 Å². The Balaban J connectivity index is 2.69. The van der Waals surface area contributed by atoms with E-state index in [1.165, 1.54) is 12.1 Å². The first-order chi connectivity index (χ1) is 7.93. The molecule has 0 aliphatic carbocycles. The first-order valence-corrected chi connectivity index (χ1v) is 5.19. The van der Waals surface area contributed by atoms with Gasteiger partial charge in [0, 0.05) is 13.0 Å². The van der Waals surface area contributed by atoms with Gasteiger partial charge < -0.3 is 4.74 Å². The maximum Gasteiger partial charge on any atom is 0.416 e. The lowest BCUT2D eigenvalue weighted by Crippen LogP contribution is -2.12. The van der Waals surface area contributed by atoms with Crippen LogP contribution in [0.1, 0.15) is 18.1 Å². The van der Waals surface area contributed by atoms with Crippen LogP contribution in [0.25, 0.3) is 0 Å². The molecule has 1 aromatic carbocycles. The zero-order valence-corrected chi connectivity index (χ0v) is 9.38. The molecule has 0 aliphatic rings. The molecule has 0 aliphatic heterocycles. The van der Waals surface area contributed by atoms with Crippen LogP contribution in [0.4, 0.5) is 13.2 Å². The van der Waals surface area contributed by atoms with Crippen LogP contribution < -0.4 is 0 Å². The number of Topliss-reactive ketones (excluding diaryl/α,β-unsaturated/α-hetero) is 1. The molecule has 0 atom stereocenters. The summed E-state index contributed by atoms with van der Waals surface area (Å²) in [6.07, 6.45) is -4.41. The molecule has 0 fully saturated rings. The average molecular weight is 246 g/mol. The number of hydrogen-bond acceptors (Lipinski definition) is 2. The van der Waals surface area contributed by atoms with Crippen molar-refractivity contribution in [1.82, 2.24) is 0 Å². The van der Waals surface area contributed by atoms with Crippen molar-refractivity contribution < 1.29 is 22.7 Å². The molecule has 0 unspecified atom stereocenters. The van der Waals surface area contributed by atoms with Gasteiger partial charge in [0.05, 0.1) is 5.56 Å². The standard InChI is InChI=1S/C12H13F3O2/c1-2-17-8-11(16)7-9-4-3-5-10(6-9)12(13,14)15/h3-6H,2,7-8H2,1H3. The SMILES string of the molecule is CCOCC(=O)Cc1cccc(C(F)(F)F)c1. The van der Waals surface area contributed by atoms with E-state index in [0.29, 0.717) is 12.2 Å². The molecule has 0 heterocycles. The van der Waals surface area contributed by atoms with Gasteiger partial charge in [0.1, 0.15) is 6.61 Å². The van der Waals surface area contributed by atoms with Gasteiger partial charge in [0.2, 0.25) is 0 Å². The molecule has 0 spiro atoms. The van der Waals surface area contributed by atoms with E-state index in [9.17, 15) is 18.0 Å². The minimum absolute atomic E-state index is 0.0378. The predicted octanol–water partition coefficient (Wildman–Crippen LogP) is 2.85. The number of benzene rings is 1.